The van der Waals surface area contributed by atoms with Crippen LogP contribution in [-0.2, 0) is 19.6 Å². The van der Waals surface area contributed by atoms with Crippen molar-refractivity contribution >= 4 is 27.7 Å². The number of nitrogens with two attached hydrogens (primary N) is 1. The molecule has 1 fully saturated rings. The van der Waals surface area contributed by atoms with Gasteiger partial charge in [0.05, 0.1) is 18.1 Å². The SMILES string of the molecule is N#C/C(=C\c1ccc(OCCN2CCOCC2)cc1)C(=O)Nc1ccc(S(N)(=O)=O)cc1. The molecule has 2 aromatic rings. The molecule has 1 heterocycles. The number of hydrogen-bond acceptors (Lipinski definition) is 7. The third kappa shape index (κ3) is 6.90. The van der Waals surface area contributed by atoms with Gasteiger partial charge in [-0.05, 0) is 48.0 Å². The van der Waals surface area contributed by atoms with Crippen molar-refractivity contribution in [2.45, 2.75) is 4.90 Å². The molecule has 0 unspecified atom stereocenters. The van der Waals surface area contributed by atoms with Crippen LogP contribution in [0.3, 0.4) is 0 Å². The number of morpholine rings is 1. The van der Waals surface area contributed by atoms with Gasteiger partial charge >= 0.3 is 0 Å². The van der Waals surface area contributed by atoms with Gasteiger partial charge < -0.3 is 14.8 Å². The number of nitriles is 1. The van der Waals surface area contributed by atoms with Crippen LogP contribution in [0.5, 0.6) is 5.75 Å². The van der Waals surface area contributed by atoms with Crippen molar-refractivity contribution < 1.29 is 22.7 Å². The number of rotatable bonds is 8. The average molecular weight is 457 g/mol. The number of nitrogens with one attached hydrogen (secondary N) is 1. The summed E-state index contributed by atoms with van der Waals surface area (Å²) >= 11 is 0. The molecular formula is C22H24N4O5S. The lowest BCUT2D eigenvalue weighted by Crippen LogP contribution is -2.38. The number of amides is 1. The van der Waals surface area contributed by atoms with Crippen LogP contribution in [-0.4, -0.2) is 58.7 Å². The van der Waals surface area contributed by atoms with E-state index in [-0.39, 0.29) is 10.5 Å². The van der Waals surface area contributed by atoms with Crippen molar-refractivity contribution in [1.29, 1.82) is 5.26 Å². The number of benzene rings is 2. The highest BCUT2D eigenvalue weighted by atomic mass is 32.2. The lowest BCUT2D eigenvalue weighted by Gasteiger charge is -2.26. The fourth-order valence-electron chi connectivity index (χ4n) is 3.02. The maximum Gasteiger partial charge on any atom is 0.266 e. The van der Waals surface area contributed by atoms with Crippen LogP contribution in [0, 0.1) is 11.3 Å². The number of sulfonamides is 1. The Kier molecular flexibility index (Phi) is 7.97. The summed E-state index contributed by atoms with van der Waals surface area (Å²) in [6.45, 7) is 4.69. The highest BCUT2D eigenvalue weighted by molar-refractivity contribution is 7.89. The molecule has 9 nitrogen and oxygen atoms in total. The van der Waals surface area contributed by atoms with E-state index < -0.39 is 15.9 Å². The number of primary sulfonamides is 1. The third-order valence-electron chi connectivity index (χ3n) is 4.78. The van der Waals surface area contributed by atoms with E-state index in [0.717, 1.165) is 32.8 Å². The maximum absolute atomic E-state index is 12.4. The van der Waals surface area contributed by atoms with Crippen LogP contribution in [0.15, 0.2) is 59.0 Å². The highest BCUT2D eigenvalue weighted by Gasteiger charge is 2.12. The molecule has 0 aromatic heterocycles. The molecule has 10 heteroatoms. The molecule has 0 bridgehead atoms. The van der Waals surface area contributed by atoms with Crippen LogP contribution < -0.4 is 15.2 Å². The van der Waals surface area contributed by atoms with Crippen molar-refractivity contribution in [2.75, 3.05) is 44.8 Å². The number of hydrogen-bond donors (Lipinski definition) is 2. The van der Waals surface area contributed by atoms with Gasteiger partial charge in [-0.25, -0.2) is 13.6 Å². The zero-order valence-electron chi connectivity index (χ0n) is 17.4. The molecule has 3 N–H and O–H groups in total. The Morgan fingerprint density at radius 2 is 1.81 bits per heavy atom. The zero-order chi connectivity index (χ0) is 23.0. The summed E-state index contributed by atoms with van der Waals surface area (Å²) in [7, 11) is -3.82. The molecule has 1 aliphatic heterocycles. The Bertz CT molecular complexity index is 1100. The first-order chi connectivity index (χ1) is 15.3. The fraction of sp³-hybridized carbons (Fsp3) is 0.273. The molecule has 32 heavy (non-hydrogen) atoms. The number of ether oxygens (including phenoxy) is 2. The minimum absolute atomic E-state index is 0.0706. The summed E-state index contributed by atoms with van der Waals surface area (Å²) in [6.07, 6.45) is 1.46. The van der Waals surface area contributed by atoms with Crippen LogP contribution >= 0.6 is 0 Å². The molecule has 1 saturated heterocycles. The van der Waals surface area contributed by atoms with E-state index in [0.29, 0.717) is 23.6 Å². The van der Waals surface area contributed by atoms with Gasteiger partial charge in [-0.1, -0.05) is 12.1 Å². The van der Waals surface area contributed by atoms with Crippen LogP contribution in [0.1, 0.15) is 5.56 Å². The summed E-state index contributed by atoms with van der Waals surface area (Å²) in [4.78, 5) is 14.6. The Labute approximate surface area is 187 Å². The predicted molar refractivity (Wildman–Crippen MR) is 119 cm³/mol. The largest absolute Gasteiger partial charge is 0.492 e. The number of nitrogens with zero attached hydrogens (tertiary/aromatic N) is 2. The van der Waals surface area contributed by atoms with E-state index in [9.17, 15) is 18.5 Å². The zero-order valence-corrected chi connectivity index (χ0v) is 18.2. The van der Waals surface area contributed by atoms with Crippen molar-refractivity contribution in [1.82, 2.24) is 4.90 Å². The summed E-state index contributed by atoms with van der Waals surface area (Å²) in [5.41, 5.74) is 0.913. The van der Waals surface area contributed by atoms with Gasteiger partial charge in [-0.3, -0.25) is 9.69 Å². The molecule has 0 radical (unpaired) electrons. The first-order valence-corrected chi connectivity index (χ1v) is 11.5. The van der Waals surface area contributed by atoms with Gasteiger partial charge in [-0.2, -0.15) is 5.26 Å². The van der Waals surface area contributed by atoms with E-state index in [4.69, 9.17) is 14.6 Å². The quantitative estimate of drug-likeness (QED) is 0.455. The van der Waals surface area contributed by atoms with Gasteiger partial charge in [0.15, 0.2) is 0 Å². The van der Waals surface area contributed by atoms with Gasteiger partial charge in [0.25, 0.3) is 5.91 Å². The van der Waals surface area contributed by atoms with Crippen LogP contribution in [0.2, 0.25) is 0 Å². The average Bonchev–Trinajstić information content (AvgIpc) is 2.79. The molecule has 3 rings (SSSR count). The minimum Gasteiger partial charge on any atom is -0.492 e. The Morgan fingerprint density at radius 1 is 1.16 bits per heavy atom. The second-order valence-corrected chi connectivity index (χ2v) is 8.63. The molecule has 0 saturated carbocycles. The van der Waals surface area contributed by atoms with Crippen molar-refractivity contribution in [3.8, 4) is 11.8 Å². The number of anilines is 1. The smallest absolute Gasteiger partial charge is 0.266 e. The molecular weight excluding hydrogens is 432 g/mol. The van der Waals surface area contributed by atoms with E-state index in [1.807, 2.05) is 6.07 Å². The van der Waals surface area contributed by atoms with Gasteiger partial charge in [-0.15, -0.1) is 0 Å². The van der Waals surface area contributed by atoms with Crippen molar-refractivity contribution in [2.24, 2.45) is 5.14 Å². The maximum atomic E-state index is 12.4. The first-order valence-electron chi connectivity index (χ1n) is 9.94. The van der Waals surface area contributed by atoms with Crippen LogP contribution in [0.4, 0.5) is 5.69 Å². The second-order valence-electron chi connectivity index (χ2n) is 7.06. The topological polar surface area (TPSA) is 135 Å². The van der Waals surface area contributed by atoms with Gasteiger partial charge in [0, 0.05) is 25.3 Å². The molecule has 0 atom stereocenters. The number of carbonyl (C=O) groups is 1. The second kappa shape index (κ2) is 10.9. The van der Waals surface area contributed by atoms with E-state index in [1.54, 1.807) is 24.3 Å². The highest BCUT2D eigenvalue weighted by Crippen LogP contribution is 2.17. The predicted octanol–water partition coefficient (Wildman–Crippen LogP) is 1.59. The monoisotopic (exact) mass is 456 g/mol. The van der Waals surface area contributed by atoms with Crippen molar-refractivity contribution in [3.63, 3.8) is 0 Å². The summed E-state index contributed by atoms with van der Waals surface area (Å²) in [5, 5.41) is 17.0. The van der Waals surface area contributed by atoms with Crippen LogP contribution in [0.25, 0.3) is 6.08 Å². The van der Waals surface area contributed by atoms with E-state index >= 15 is 0 Å². The van der Waals surface area contributed by atoms with Gasteiger partial charge in [0.2, 0.25) is 10.0 Å². The summed E-state index contributed by atoms with van der Waals surface area (Å²) in [6, 6.07) is 14.3. The Morgan fingerprint density at radius 3 is 2.41 bits per heavy atom. The van der Waals surface area contributed by atoms with E-state index in [2.05, 4.69) is 10.2 Å². The lowest BCUT2D eigenvalue weighted by atomic mass is 10.1. The molecule has 1 amide bonds. The van der Waals surface area contributed by atoms with Gasteiger partial charge in [0.1, 0.15) is 24.0 Å². The molecule has 2 aromatic carbocycles. The Balaban J connectivity index is 1.56. The molecule has 168 valence electrons. The first kappa shape index (κ1) is 23.4. The molecule has 0 aliphatic carbocycles. The van der Waals surface area contributed by atoms with Crippen molar-refractivity contribution in [3.05, 3.63) is 59.7 Å². The standard InChI is InChI=1S/C22H24N4O5S/c23-16-18(22(27)25-19-3-7-21(8-4-19)32(24,28)29)15-17-1-5-20(6-2-17)31-14-11-26-9-12-30-13-10-26/h1-8,15H,9-14H2,(H,25,27)(H2,24,28,29)/b18-15+. The molecule has 0 spiro atoms. The lowest BCUT2D eigenvalue weighted by molar-refractivity contribution is -0.112. The summed E-state index contributed by atoms with van der Waals surface area (Å²) in [5.74, 6) is 0.0926. The number of carbonyl (C=O) groups excluding carboxylic acids is 1. The summed E-state index contributed by atoms with van der Waals surface area (Å²) < 4.78 is 33.7. The normalized spacial score (nSPS) is 15.1. The fourth-order valence-corrected chi connectivity index (χ4v) is 3.53. The third-order valence-corrected chi connectivity index (χ3v) is 5.71. The molecule has 1 aliphatic rings. The minimum atomic E-state index is -3.82. The Hall–Kier alpha value is -3.23. The van der Waals surface area contributed by atoms with E-state index in [1.165, 1.54) is 30.3 Å².